The molecule has 1 aromatic carbocycles. The second-order valence-corrected chi connectivity index (χ2v) is 6.70. The molecule has 1 aliphatic heterocycles. The highest BCUT2D eigenvalue weighted by Gasteiger charge is 2.37. The van der Waals surface area contributed by atoms with Crippen LogP contribution < -0.4 is 4.90 Å². The van der Waals surface area contributed by atoms with Crippen LogP contribution in [0.4, 0.5) is 11.4 Å². The molecule has 1 aromatic rings. The van der Waals surface area contributed by atoms with Gasteiger partial charge in [-0.2, -0.15) is 0 Å². The molecule has 0 bridgehead atoms. The predicted octanol–water partition coefficient (Wildman–Crippen LogP) is 3.90. The van der Waals surface area contributed by atoms with Gasteiger partial charge in [0.15, 0.2) is 0 Å². The quantitative estimate of drug-likeness (QED) is 0.625. The zero-order valence-corrected chi connectivity index (χ0v) is 13.2. The van der Waals surface area contributed by atoms with E-state index in [1.54, 1.807) is 19.2 Å². The monoisotopic (exact) mass is 304 g/mol. The van der Waals surface area contributed by atoms with Crippen LogP contribution in [-0.4, -0.2) is 25.1 Å². The van der Waals surface area contributed by atoms with E-state index in [9.17, 15) is 10.1 Å². The van der Waals surface area contributed by atoms with Gasteiger partial charge in [-0.25, -0.2) is 0 Å². The van der Waals surface area contributed by atoms with E-state index < -0.39 is 0 Å². The second kappa shape index (κ2) is 6.24. The van der Waals surface area contributed by atoms with Gasteiger partial charge in [-0.15, -0.1) is 0 Å². The number of nitro benzene ring substituents is 1. The number of benzene rings is 1. The van der Waals surface area contributed by atoms with E-state index in [1.165, 1.54) is 38.5 Å². The first-order valence-corrected chi connectivity index (χ1v) is 8.15. The Morgan fingerprint density at radius 3 is 2.50 bits per heavy atom. The van der Waals surface area contributed by atoms with E-state index in [0.717, 1.165) is 24.3 Å². The van der Waals surface area contributed by atoms with Crippen LogP contribution in [0.2, 0.25) is 0 Å². The fraction of sp³-hybridized carbons (Fsp3) is 0.647. The molecule has 1 saturated carbocycles. The first kappa shape index (κ1) is 15.3. The Morgan fingerprint density at radius 2 is 1.91 bits per heavy atom. The largest absolute Gasteiger partial charge is 0.380 e. The summed E-state index contributed by atoms with van der Waals surface area (Å²) in [5.41, 5.74) is 2.73. The van der Waals surface area contributed by atoms with Crippen molar-refractivity contribution in [1.82, 2.24) is 0 Å². The van der Waals surface area contributed by atoms with Gasteiger partial charge in [0, 0.05) is 43.6 Å². The van der Waals surface area contributed by atoms with Gasteiger partial charge in [0.05, 0.1) is 11.5 Å². The van der Waals surface area contributed by atoms with Crippen LogP contribution in [0.25, 0.3) is 0 Å². The lowest BCUT2D eigenvalue weighted by Crippen LogP contribution is -2.39. The summed E-state index contributed by atoms with van der Waals surface area (Å²) < 4.78 is 5.24. The van der Waals surface area contributed by atoms with E-state index in [1.807, 2.05) is 6.07 Å². The molecule has 1 heterocycles. The summed E-state index contributed by atoms with van der Waals surface area (Å²) in [5, 5.41) is 11.0. The molecule has 1 saturated heterocycles. The molecule has 2 aliphatic rings. The van der Waals surface area contributed by atoms with Gasteiger partial charge in [0.2, 0.25) is 0 Å². The molecule has 0 atom stereocenters. The predicted molar refractivity (Wildman–Crippen MR) is 86.2 cm³/mol. The topological polar surface area (TPSA) is 55.6 Å². The summed E-state index contributed by atoms with van der Waals surface area (Å²) >= 11 is 0. The van der Waals surface area contributed by atoms with Gasteiger partial charge >= 0.3 is 0 Å². The van der Waals surface area contributed by atoms with E-state index in [2.05, 4.69) is 4.90 Å². The number of anilines is 1. The lowest BCUT2D eigenvalue weighted by atomic mass is 9.77. The molecule has 22 heavy (non-hydrogen) atoms. The molecule has 5 nitrogen and oxygen atoms in total. The van der Waals surface area contributed by atoms with Crippen molar-refractivity contribution in [3.63, 3.8) is 0 Å². The molecule has 0 aromatic heterocycles. The van der Waals surface area contributed by atoms with Crippen LogP contribution in [0.3, 0.4) is 0 Å². The standard InChI is InChI=1S/C17H24N2O3/c1-22-13-14-12-15(19(20)21)4-5-16(14)18-10-8-17(9-11-18)6-2-3-7-17/h4-5,12H,2-3,6-11,13H2,1H3. The van der Waals surface area contributed by atoms with Crippen molar-refractivity contribution < 1.29 is 9.66 Å². The SMILES string of the molecule is COCc1cc([N+](=O)[O-])ccc1N1CCC2(CCCC2)CC1. The Hall–Kier alpha value is -1.62. The summed E-state index contributed by atoms with van der Waals surface area (Å²) in [7, 11) is 1.63. The normalized spacial score (nSPS) is 20.5. The Bertz CT molecular complexity index is 543. The number of methoxy groups -OCH3 is 1. The highest BCUT2D eigenvalue weighted by molar-refractivity contribution is 5.58. The number of hydrogen-bond acceptors (Lipinski definition) is 4. The van der Waals surface area contributed by atoms with E-state index in [0.29, 0.717) is 12.0 Å². The lowest BCUT2D eigenvalue weighted by Gasteiger charge is -2.41. The van der Waals surface area contributed by atoms with E-state index in [-0.39, 0.29) is 10.6 Å². The Balaban J connectivity index is 1.78. The minimum Gasteiger partial charge on any atom is -0.380 e. The molecular weight excluding hydrogens is 280 g/mol. The van der Waals surface area contributed by atoms with Crippen molar-refractivity contribution in [2.75, 3.05) is 25.1 Å². The lowest BCUT2D eigenvalue weighted by molar-refractivity contribution is -0.384. The summed E-state index contributed by atoms with van der Waals surface area (Å²) in [5.74, 6) is 0. The van der Waals surface area contributed by atoms with Crippen molar-refractivity contribution in [2.24, 2.45) is 5.41 Å². The number of ether oxygens (including phenoxy) is 1. The van der Waals surface area contributed by atoms with Crippen molar-refractivity contribution in [3.8, 4) is 0 Å². The molecule has 1 spiro atoms. The first-order valence-electron chi connectivity index (χ1n) is 8.15. The molecule has 3 rings (SSSR count). The summed E-state index contributed by atoms with van der Waals surface area (Å²) in [6.45, 7) is 2.52. The molecule has 1 aliphatic carbocycles. The van der Waals surface area contributed by atoms with Crippen molar-refractivity contribution in [1.29, 1.82) is 0 Å². The molecule has 0 N–H and O–H groups in total. The summed E-state index contributed by atoms with van der Waals surface area (Å²) in [4.78, 5) is 13.0. The number of nitrogens with zero attached hydrogens (tertiary/aromatic N) is 2. The number of piperidine rings is 1. The maximum Gasteiger partial charge on any atom is 0.269 e. The third-order valence-corrected chi connectivity index (χ3v) is 5.40. The minimum atomic E-state index is -0.341. The smallest absolute Gasteiger partial charge is 0.269 e. The third-order valence-electron chi connectivity index (χ3n) is 5.40. The van der Waals surface area contributed by atoms with Crippen LogP contribution in [0, 0.1) is 15.5 Å². The number of nitro groups is 1. The molecule has 0 radical (unpaired) electrons. The summed E-state index contributed by atoms with van der Waals surface area (Å²) in [6, 6.07) is 5.15. The Kier molecular flexibility index (Phi) is 4.34. The average Bonchev–Trinajstić information content (AvgIpc) is 2.97. The zero-order chi connectivity index (χ0) is 15.6. The average molecular weight is 304 g/mol. The van der Waals surface area contributed by atoms with Gasteiger partial charge in [-0.1, -0.05) is 12.8 Å². The van der Waals surface area contributed by atoms with Crippen LogP contribution in [0.15, 0.2) is 18.2 Å². The van der Waals surface area contributed by atoms with Gasteiger partial charge in [-0.05, 0) is 37.2 Å². The zero-order valence-electron chi connectivity index (χ0n) is 13.2. The van der Waals surface area contributed by atoms with Crippen molar-refractivity contribution >= 4 is 11.4 Å². The van der Waals surface area contributed by atoms with Crippen LogP contribution in [0.1, 0.15) is 44.1 Å². The van der Waals surface area contributed by atoms with Crippen molar-refractivity contribution in [2.45, 2.75) is 45.1 Å². The maximum absolute atomic E-state index is 11.0. The Labute approximate surface area is 131 Å². The second-order valence-electron chi connectivity index (χ2n) is 6.70. The highest BCUT2D eigenvalue weighted by Crippen LogP contribution is 2.47. The molecule has 120 valence electrons. The van der Waals surface area contributed by atoms with Crippen molar-refractivity contribution in [3.05, 3.63) is 33.9 Å². The summed E-state index contributed by atoms with van der Waals surface area (Å²) in [6.07, 6.45) is 8.02. The maximum atomic E-state index is 11.0. The van der Waals surface area contributed by atoms with Gasteiger partial charge in [0.25, 0.3) is 5.69 Å². The van der Waals surface area contributed by atoms with Crippen LogP contribution in [-0.2, 0) is 11.3 Å². The fourth-order valence-electron chi connectivity index (χ4n) is 4.11. The van der Waals surface area contributed by atoms with Crippen LogP contribution in [0.5, 0.6) is 0 Å². The Morgan fingerprint density at radius 1 is 1.23 bits per heavy atom. The third kappa shape index (κ3) is 2.95. The number of hydrogen-bond donors (Lipinski definition) is 0. The van der Waals surface area contributed by atoms with Gasteiger partial charge in [-0.3, -0.25) is 10.1 Å². The van der Waals surface area contributed by atoms with E-state index in [4.69, 9.17) is 4.74 Å². The molecular formula is C17H24N2O3. The molecule has 0 unspecified atom stereocenters. The molecule has 0 amide bonds. The highest BCUT2D eigenvalue weighted by atomic mass is 16.6. The van der Waals surface area contributed by atoms with Crippen LogP contribution >= 0.6 is 0 Å². The number of rotatable bonds is 4. The van der Waals surface area contributed by atoms with Gasteiger partial charge < -0.3 is 9.64 Å². The minimum absolute atomic E-state index is 0.139. The van der Waals surface area contributed by atoms with Gasteiger partial charge in [0.1, 0.15) is 0 Å². The number of non-ortho nitro benzene ring substituents is 1. The van der Waals surface area contributed by atoms with E-state index >= 15 is 0 Å². The fourth-order valence-corrected chi connectivity index (χ4v) is 4.11. The first-order chi connectivity index (χ1) is 10.6. The molecule has 2 fully saturated rings. The molecule has 5 heteroatoms.